The zero-order valence-corrected chi connectivity index (χ0v) is 18.6. The van der Waals surface area contributed by atoms with Crippen molar-refractivity contribution in [1.82, 2.24) is 29.9 Å². The highest BCUT2D eigenvalue weighted by atomic mass is 16.2. The van der Waals surface area contributed by atoms with Crippen LogP contribution < -0.4 is 16.1 Å². The summed E-state index contributed by atoms with van der Waals surface area (Å²) in [5.41, 5.74) is 12.3. The largest absolute Gasteiger partial charge is 0.355 e. The van der Waals surface area contributed by atoms with E-state index in [1.807, 2.05) is 4.52 Å². The summed E-state index contributed by atoms with van der Waals surface area (Å²) >= 11 is 0. The minimum Gasteiger partial charge on any atom is -0.355 e. The summed E-state index contributed by atoms with van der Waals surface area (Å²) < 4.78 is 1.87. The summed E-state index contributed by atoms with van der Waals surface area (Å²) in [6.45, 7) is 9.21. The summed E-state index contributed by atoms with van der Waals surface area (Å²) in [6.07, 6.45) is 6.20. The Morgan fingerprint density at radius 3 is 2.87 bits per heavy atom. The lowest BCUT2D eigenvalue weighted by Gasteiger charge is -2.36. The van der Waals surface area contributed by atoms with Crippen LogP contribution in [0.25, 0.3) is 5.65 Å². The first kappa shape index (κ1) is 20.7. The molecule has 5 rings (SSSR count). The van der Waals surface area contributed by atoms with E-state index in [9.17, 15) is 4.79 Å². The van der Waals surface area contributed by atoms with Gasteiger partial charge in [0.1, 0.15) is 5.82 Å². The second-order valence-corrected chi connectivity index (χ2v) is 9.26. The van der Waals surface area contributed by atoms with E-state index in [0.29, 0.717) is 0 Å². The number of nitrogens with zero attached hydrogens (tertiary/aromatic N) is 6. The molecule has 0 radical (unpaired) electrons. The van der Waals surface area contributed by atoms with Gasteiger partial charge in [-0.25, -0.2) is 14.5 Å². The molecule has 9 nitrogen and oxygen atoms in total. The fourth-order valence-corrected chi connectivity index (χ4v) is 5.26. The molecule has 168 valence electrons. The van der Waals surface area contributed by atoms with Crippen molar-refractivity contribution in [2.45, 2.75) is 51.6 Å². The Labute approximate surface area is 183 Å². The van der Waals surface area contributed by atoms with E-state index in [2.05, 4.69) is 46.3 Å². The van der Waals surface area contributed by atoms with Crippen molar-refractivity contribution in [3.63, 3.8) is 0 Å². The molecular weight excluding hydrogens is 392 g/mol. The number of anilines is 1. The van der Waals surface area contributed by atoms with Gasteiger partial charge in [0.15, 0.2) is 5.65 Å². The maximum absolute atomic E-state index is 13.4. The van der Waals surface area contributed by atoms with Crippen molar-refractivity contribution in [3.8, 4) is 0 Å². The number of rotatable bonds is 4. The van der Waals surface area contributed by atoms with E-state index in [0.717, 1.165) is 87.7 Å². The quantitative estimate of drug-likeness (QED) is 0.756. The van der Waals surface area contributed by atoms with Gasteiger partial charge < -0.3 is 15.5 Å². The summed E-state index contributed by atoms with van der Waals surface area (Å²) in [5.74, 6) is 1.27. The second-order valence-electron chi connectivity index (χ2n) is 9.26. The predicted octanol–water partition coefficient (Wildman–Crippen LogP) is 1.09. The lowest BCUT2D eigenvalue weighted by Crippen LogP contribution is -2.43. The van der Waals surface area contributed by atoms with Crippen LogP contribution in [0.4, 0.5) is 5.82 Å². The third kappa shape index (κ3) is 3.90. The SMILES string of the molecule is CCN1CC(C(=O)N2CCCC[C@H]2c2cc3nc(N4CC[C@H](N)C4)c(C)cn3n2)CN1. The Balaban J connectivity index is 1.41. The van der Waals surface area contributed by atoms with Crippen molar-refractivity contribution in [2.75, 3.05) is 44.2 Å². The van der Waals surface area contributed by atoms with E-state index < -0.39 is 0 Å². The molecule has 9 heteroatoms. The summed E-state index contributed by atoms with van der Waals surface area (Å²) in [4.78, 5) is 22.6. The molecule has 0 spiro atoms. The maximum atomic E-state index is 13.4. The number of aryl methyl sites for hydroxylation is 1. The lowest BCUT2D eigenvalue weighted by atomic mass is 9.97. The third-order valence-corrected chi connectivity index (χ3v) is 7.01. The van der Waals surface area contributed by atoms with Crippen LogP contribution in [0.3, 0.4) is 0 Å². The van der Waals surface area contributed by atoms with Crippen LogP contribution in [0.2, 0.25) is 0 Å². The molecule has 0 bridgehead atoms. The number of piperidine rings is 1. The minimum absolute atomic E-state index is 0.0175. The van der Waals surface area contributed by atoms with Crippen molar-refractivity contribution in [2.24, 2.45) is 11.7 Å². The molecule has 1 unspecified atom stereocenters. The first-order chi connectivity index (χ1) is 15.0. The normalized spacial score (nSPS) is 27.5. The molecule has 3 aliphatic rings. The molecular formula is C22H34N8O. The monoisotopic (exact) mass is 426 g/mol. The number of amides is 1. The fourth-order valence-electron chi connectivity index (χ4n) is 5.26. The average molecular weight is 427 g/mol. The van der Waals surface area contributed by atoms with Crippen LogP contribution in [0.15, 0.2) is 12.3 Å². The van der Waals surface area contributed by atoms with Crippen LogP contribution in [0, 0.1) is 12.8 Å². The van der Waals surface area contributed by atoms with Gasteiger partial charge >= 0.3 is 0 Å². The highest BCUT2D eigenvalue weighted by molar-refractivity contribution is 5.80. The van der Waals surface area contributed by atoms with Crippen LogP contribution >= 0.6 is 0 Å². The number of carbonyl (C=O) groups is 1. The number of nitrogens with two attached hydrogens (primary N) is 1. The number of fused-ring (bicyclic) bond motifs is 1. The third-order valence-electron chi connectivity index (χ3n) is 7.01. The molecule has 3 saturated heterocycles. The zero-order chi connectivity index (χ0) is 21.5. The number of hydrogen-bond donors (Lipinski definition) is 2. The van der Waals surface area contributed by atoms with Crippen LogP contribution in [-0.4, -0.2) is 75.7 Å². The van der Waals surface area contributed by atoms with E-state index in [4.69, 9.17) is 15.8 Å². The lowest BCUT2D eigenvalue weighted by molar-refractivity contribution is -0.138. The van der Waals surface area contributed by atoms with Gasteiger partial charge in [-0.2, -0.15) is 5.10 Å². The molecule has 31 heavy (non-hydrogen) atoms. The number of hydrazine groups is 1. The molecule has 1 amide bonds. The molecule has 0 aromatic carbocycles. The van der Waals surface area contributed by atoms with Gasteiger partial charge in [-0.15, -0.1) is 0 Å². The van der Waals surface area contributed by atoms with E-state index >= 15 is 0 Å². The molecule has 3 fully saturated rings. The van der Waals surface area contributed by atoms with E-state index in [1.165, 1.54) is 0 Å². The topological polar surface area (TPSA) is 95.0 Å². The fraction of sp³-hybridized carbons (Fsp3) is 0.682. The molecule has 0 aliphatic carbocycles. The summed E-state index contributed by atoms with van der Waals surface area (Å²) in [6, 6.07) is 2.32. The molecule has 3 atom stereocenters. The Kier molecular flexibility index (Phi) is 5.58. The van der Waals surface area contributed by atoms with Crippen LogP contribution in [0.5, 0.6) is 0 Å². The first-order valence-electron chi connectivity index (χ1n) is 11.7. The van der Waals surface area contributed by atoms with Crippen molar-refractivity contribution < 1.29 is 4.79 Å². The minimum atomic E-state index is 0.0175. The summed E-state index contributed by atoms with van der Waals surface area (Å²) in [7, 11) is 0. The van der Waals surface area contributed by atoms with E-state index in [-0.39, 0.29) is 23.9 Å². The van der Waals surface area contributed by atoms with Gasteiger partial charge in [-0.1, -0.05) is 6.92 Å². The van der Waals surface area contributed by atoms with Gasteiger partial charge in [-0.05, 0) is 32.6 Å². The highest BCUT2D eigenvalue weighted by Crippen LogP contribution is 2.33. The predicted molar refractivity (Wildman–Crippen MR) is 120 cm³/mol. The summed E-state index contributed by atoms with van der Waals surface area (Å²) in [5, 5.41) is 6.99. The van der Waals surface area contributed by atoms with Gasteiger partial charge in [0, 0.05) is 63.1 Å². The Morgan fingerprint density at radius 1 is 1.26 bits per heavy atom. The Morgan fingerprint density at radius 2 is 2.13 bits per heavy atom. The number of likely N-dealkylation sites (tertiary alicyclic amines) is 1. The van der Waals surface area contributed by atoms with Crippen molar-refractivity contribution in [3.05, 3.63) is 23.5 Å². The van der Waals surface area contributed by atoms with Crippen molar-refractivity contribution >= 4 is 17.4 Å². The van der Waals surface area contributed by atoms with Gasteiger partial charge in [0.05, 0.1) is 17.7 Å². The van der Waals surface area contributed by atoms with Crippen LogP contribution in [-0.2, 0) is 4.79 Å². The Hall–Kier alpha value is -2.23. The van der Waals surface area contributed by atoms with Gasteiger partial charge in [-0.3, -0.25) is 10.2 Å². The van der Waals surface area contributed by atoms with E-state index in [1.54, 1.807) is 0 Å². The number of aromatic nitrogens is 3. The molecule has 2 aromatic rings. The van der Waals surface area contributed by atoms with Crippen LogP contribution in [0.1, 0.15) is 49.9 Å². The molecule has 3 aliphatic heterocycles. The second kappa shape index (κ2) is 8.37. The number of carbonyl (C=O) groups excluding carboxylic acids is 1. The van der Waals surface area contributed by atoms with Gasteiger partial charge in [0.25, 0.3) is 0 Å². The average Bonchev–Trinajstić information content (AvgIpc) is 3.51. The zero-order valence-electron chi connectivity index (χ0n) is 18.6. The Bertz CT molecular complexity index is 958. The van der Waals surface area contributed by atoms with Crippen molar-refractivity contribution in [1.29, 1.82) is 0 Å². The first-order valence-corrected chi connectivity index (χ1v) is 11.7. The maximum Gasteiger partial charge on any atom is 0.228 e. The number of nitrogens with one attached hydrogen (secondary N) is 1. The molecule has 0 saturated carbocycles. The van der Waals surface area contributed by atoms with Gasteiger partial charge in [0.2, 0.25) is 5.91 Å². The standard InChI is InChI=1S/C22H34N8O/c1-3-28-13-16(11-24-28)22(31)29-8-5-4-6-19(29)18-10-20-25-21(15(2)12-30(20)26-18)27-9-7-17(23)14-27/h10,12,16-17,19,24H,3-9,11,13-14,23H2,1-2H3/t16?,17-,19-/m0/s1. The molecule has 2 aromatic heterocycles. The molecule has 5 heterocycles. The highest BCUT2D eigenvalue weighted by Gasteiger charge is 2.36. The smallest absolute Gasteiger partial charge is 0.228 e. The number of hydrogen-bond acceptors (Lipinski definition) is 7. The molecule has 3 N–H and O–H groups in total.